The van der Waals surface area contributed by atoms with E-state index in [1.54, 1.807) is 34.7 Å². The number of hydrazone groups is 1. The summed E-state index contributed by atoms with van der Waals surface area (Å²) < 4.78 is 0. The lowest BCUT2D eigenvalue weighted by molar-refractivity contribution is 0.723. The molecule has 1 aliphatic rings. The molecule has 4 nitrogen and oxygen atoms in total. The van der Waals surface area contributed by atoms with Crippen molar-refractivity contribution in [3.8, 4) is 0 Å². The van der Waals surface area contributed by atoms with Crippen molar-refractivity contribution in [2.45, 2.75) is 0 Å². The van der Waals surface area contributed by atoms with Gasteiger partial charge >= 0.3 is 0 Å². The minimum absolute atomic E-state index is 0.555. The minimum Gasteiger partial charge on any atom is -0.221 e. The van der Waals surface area contributed by atoms with Gasteiger partial charge in [-0.1, -0.05) is 40.9 Å². The van der Waals surface area contributed by atoms with E-state index in [0.717, 1.165) is 5.69 Å². The molecule has 7 heteroatoms. The Morgan fingerprint density at radius 2 is 1.75 bits per heavy atom. The van der Waals surface area contributed by atoms with Crippen molar-refractivity contribution < 1.29 is 0 Å². The largest absolute Gasteiger partial charge is 0.221 e. The molecule has 1 aliphatic heterocycles. The monoisotopic (exact) mass is 326 g/mol. The standard InChI is InChI=1S/C13H9Cl3N4/c14-9-2-1-3-11(6-9)19-8-17-18-20(19)13-7-10(15)4-5-12(13)16/h1-8,18H. The summed E-state index contributed by atoms with van der Waals surface area (Å²) in [6.07, 6.45) is 1.63. The lowest BCUT2D eigenvalue weighted by Gasteiger charge is -2.28. The molecule has 102 valence electrons. The summed E-state index contributed by atoms with van der Waals surface area (Å²) in [6.45, 7) is 0. The van der Waals surface area contributed by atoms with Crippen LogP contribution in [-0.2, 0) is 0 Å². The molecule has 0 radical (unpaired) electrons. The number of anilines is 2. The molecule has 0 aromatic heterocycles. The summed E-state index contributed by atoms with van der Waals surface area (Å²) in [5, 5.41) is 9.27. The molecule has 1 heterocycles. The van der Waals surface area contributed by atoms with Crippen molar-refractivity contribution in [1.29, 1.82) is 0 Å². The van der Waals surface area contributed by atoms with E-state index in [0.29, 0.717) is 20.8 Å². The molecule has 0 amide bonds. The van der Waals surface area contributed by atoms with Gasteiger partial charge in [0.25, 0.3) is 0 Å². The third-order valence-electron chi connectivity index (χ3n) is 2.74. The second-order valence-electron chi connectivity index (χ2n) is 4.08. The number of hydrazine groups is 2. The number of hydrogen-bond acceptors (Lipinski definition) is 4. The van der Waals surface area contributed by atoms with Crippen LogP contribution in [0.3, 0.4) is 0 Å². The molecule has 2 aromatic carbocycles. The zero-order chi connectivity index (χ0) is 14.1. The number of halogens is 3. The predicted octanol–water partition coefficient (Wildman–Crippen LogP) is 4.34. The number of nitrogens with one attached hydrogen (secondary N) is 1. The van der Waals surface area contributed by atoms with Gasteiger partial charge < -0.3 is 0 Å². The summed E-state index contributed by atoms with van der Waals surface area (Å²) in [5.41, 5.74) is 4.39. The molecular formula is C13H9Cl3N4. The second kappa shape index (κ2) is 5.40. The van der Waals surface area contributed by atoms with Gasteiger partial charge in [0.05, 0.1) is 10.7 Å². The second-order valence-corrected chi connectivity index (χ2v) is 5.36. The molecular weight excluding hydrogens is 319 g/mol. The Bertz CT molecular complexity index is 674. The van der Waals surface area contributed by atoms with E-state index in [4.69, 9.17) is 34.8 Å². The van der Waals surface area contributed by atoms with Crippen molar-refractivity contribution >= 4 is 52.5 Å². The summed E-state index contributed by atoms with van der Waals surface area (Å²) >= 11 is 18.2. The van der Waals surface area contributed by atoms with Gasteiger partial charge in [-0.05, 0) is 36.4 Å². The normalized spacial score (nSPS) is 13.8. The van der Waals surface area contributed by atoms with Crippen LogP contribution in [0.2, 0.25) is 15.1 Å². The molecule has 0 atom stereocenters. The average molecular weight is 328 g/mol. The number of nitrogens with zero attached hydrogens (tertiary/aromatic N) is 3. The van der Waals surface area contributed by atoms with Gasteiger partial charge in [0.2, 0.25) is 0 Å². The topological polar surface area (TPSA) is 30.9 Å². The average Bonchev–Trinajstić information content (AvgIpc) is 2.90. The van der Waals surface area contributed by atoms with Gasteiger partial charge in [0.15, 0.2) is 0 Å². The van der Waals surface area contributed by atoms with E-state index in [2.05, 4.69) is 10.6 Å². The minimum atomic E-state index is 0.555. The molecule has 0 aliphatic carbocycles. The van der Waals surface area contributed by atoms with Gasteiger partial charge in [-0.25, -0.2) is 5.01 Å². The van der Waals surface area contributed by atoms with E-state index < -0.39 is 0 Å². The zero-order valence-corrected chi connectivity index (χ0v) is 12.4. The SMILES string of the molecule is Clc1cccc(N2C=NNN2c2cc(Cl)ccc2Cl)c1. The van der Waals surface area contributed by atoms with Gasteiger partial charge in [-0.15, -0.1) is 5.10 Å². The molecule has 20 heavy (non-hydrogen) atoms. The van der Waals surface area contributed by atoms with E-state index >= 15 is 0 Å². The first kappa shape index (κ1) is 13.4. The molecule has 0 saturated heterocycles. The summed E-state index contributed by atoms with van der Waals surface area (Å²) in [6, 6.07) is 12.6. The molecule has 3 rings (SSSR count). The summed E-state index contributed by atoms with van der Waals surface area (Å²) in [5.74, 6) is 0. The van der Waals surface area contributed by atoms with Crippen LogP contribution in [0.5, 0.6) is 0 Å². The third kappa shape index (κ3) is 2.50. The van der Waals surface area contributed by atoms with Crippen molar-refractivity contribution in [2.24, 2.45) is 5.10 Å². The molecule has 0 unspecified atom stereocenters. The van der Waals surface area contributed by atoms with Crippen LogP contribution < -0.4 is 15.7 Å². The maximum atomic E-state index is 6.21. The zero-order valence-electron chi connectivity index (χ0n) is 10.1. The van der Waals surface area contributed by atoms with Crippen LogP contribution in [0, 0.1) is 0 Å². The van der Waals surface area contributed by atoms with E-state index in [9.17, 15) is 0 Å². The predicted molar refractivity (Wildman–Crippen MR) is 84.5 cm³/mol. The Balaban J connectivity index is 2.00. The maximum absolute atomic E-state index is 6.21. The first-order chi connectivity index (χ1) is 9.65. The van der Waals surface area contributed by atoms with Crippen LogP contribution in [0.1, 0.15) is 0 Å². The highest BCUT2D eigenvalue weighted by atomic mass is 35.5. The number of benzene rings is 2. The lowest BCUT2D eigenvalue weighted by Crippen LogP contribution is -2.43. The fourth-order valence-electron chi connectivity index (χ4n) is 1.85. The highest BCUT2D eigenvalue weighted by Gasteiger charge is 2.22. The number of hydrogen-bond donors (Lipinski definition) is 1. The molecule has 1 N–H and O–H groups in total. The lowest BCUT2D eigenvalue weighted by atomic mass is 10.3. The van der Waals surface area contributed by atoms with Gasteiger partial charge in [-0.3, -0.25) is 0 Å². The van der Waals surface area contributed by atoms with E-state index in [1.165, 1.54) is 0 Å². The first-order valence-electron chi connectivity index (χ1n) is 5.74. The van der Waals surface area contributed by atoms with Gasteiger partial charge in [-0.2, -0.15) is 10.7 Å². The van der Waals surface area contributed by atoms with Gasteiger partial charge in [0, 0.05) is 10.0 Å². The highest BCUT2D eigenvalue weighted by molar-refractivity contribution is 6.35. The highest BCUT2D eigenvalue weighted by Crippen LogP contribution is 2.32. The van der Waals surface area contributed by atoms with Crippen molar-refractivity contribution in [3.05, 3.63) is 57.5 Å². The smallest absolute Gasteiger partial charge is 0.139 e. The molecule has 0 saturated carbocycles. The van der Waals surface area contributed by atoms with Gasteiger partial charge in [0.1, 0.15) is 12.0 Å². The van der Waals surface area contributed by atoms with E-state index in [1.807, 2.05) is 24.3 Å². The Hall–Kier alpha value is -1.62. The van der Waals surface area contributed by atoms with Crippen LogP contribution in [0.4, 0.5) is 11.4 Å². The van der Waals surface area contributed by atoms with Crippen LogP contribution >= 0.6 is 34.8 Å². The summed E-state index contributed by atoms with van der Waals surface area (Å²) in [7, 11) is 0. The maximum Gasteiger partial charge on any atom is 0.139 e. The molecule has 0 spiro atoms. The Kier molecular flexibility index (Phi) is 3.61. The van der Waals surface area contributed by atoms with Crippen molar-refractivity contribution in [1.82, 2.24) is 5.53 Å². The molecule has 0 bridgehead atoms. The first-order valence-corrected chi connectivity index (χ1v) is 6.87. The van der Waals surface area contributed by atoms with Crippen LogP contribution in [-0.4, -0.2) is 6.34 Å². The van der Waals surface area contributed by atoms with E-state index in [-0.39, 0.29) is 0 Å². The number of rotatable bonds is 2. The fraction of sp³-hybridized carbons (Fsp3) is 0. The van der Waals surface area contributed by atoms with Crippen molar-refractivity contribution in [3.63, 3.8) is 0 Å². The van der Waals surface area contributed by atoms with Crippen LogP contribution in [0.15, 0.2) is 47.6 Å². The quantitative estimate of drug-likeness (QED) is 0.890. The van der Waals surface area contributed by atoms with Crippen LogP contribution in [0.25, 0.3) is 0 Å². The molecule has 2 aromatic rings. The van der Waals surface area contributed by atoms with Crippen molar-refractivity contribution in [2.75, 3.05) is 10.1 Å². The summed E-state index contributed by atoms with van der Waals surface area (Å²) in [4.78, 5) is 0. The Labute approximate surface area is 131 Å². The Morgan fingerprint density at radius 1 is 0.950 bits per heavy atom. The molecule has 0 fully saturated rings. The fourth-order valence-corrected chi connectivity index (χ4v) is 2.40. The third-order valence-corrected chi connectivity index (χ3v) is 3.53. The Morgan fingerprint density at radius 3 is 2.55 bits per heavy atom.